The van der Waals surface area contributed by atoms with Crippen LogP contribution in [0.1, 0.15) is 17.4 Å². The maximum absolute atomic E-state index is 11.8. The zero-order valence-corrected chi connectivity index (χ0v) is 9.97. The van der Waals surface area contributed by atoms with Crippen LogP contribution in [0.3, 0.4) is 0 Å². The van der Waals surface area contributed by atoms with Crippen molar-refractivity contribution in [3.63, 3.8) is 0 Å². The first-order chi connectivity index (χ1) is 8.77. The minimum Gasteiger partial charge on any atom is -0.354 e. The van der Waals surface area contributed by atoms with Crippen molar-refractivity contribution in [1.29, 1.82) is 0 Å². The van der Waals surface area contributed by atoms with Crippen LogP contribution in [0.5, 0.6) is 0 Å². The molecule has 5 nitrogen and oxygen atoms in total. The molecular weight excluding hydrogens is 228 g/mol. The number of aromatic nitrogens is 2. The number of carbonyl (C=O) groups is 1. The predicted molar refractivity (Wildman–Crippen MR) is 68.7 cm³/mol. The molecule has 0 unspecified atom stereocenters. The molecule has 5 heteroatoms. The maximum atomic E-state index is 11.8. The third kappa shape index (κ3) is 3.18. The second-order valence-electron chi connectivity index (χ2n) is 3.97. The van der Waals surface area contributed by atoms with E-state index >= 15 is 0 Å². The standard InChI is InChI=1S/C13H16N4O/c14-12(10-4-2-1-3-5-10)13(18)17-7-6-11-15-8-9-16-11/h1-5,8-9,12H,6-7,14H2,(H,15,16)(H,17,18)/t12-/m1/s1. The zero-order chi connectivity index (χ0) is 12.8. The van der Waals surface area contributed by atoms with Gasteiger partial charge in [0.15, 0.2) is 0 Å². The van der Waals surface area contributed by atoms with Gasteiger partial charge in [0, 0.05) is 25.4 Å². The molecule has 0 bridgehead atoms. The number of amides is 1. The van der Waals surface area contributed by atoms with Crippen LogP contribution in [0.25, 0.3) is 0 Å². The SMILES string of the molecule is N[C@@H](C(=O)NCCc1ncc[nH]1)c1ccccc1. The van der Waals surface area contributed by atoms with Gasteiger partial charge in [0.05, 0.1) is 0 Å². The van der Waals surface area contributed by atoms with E-state index in [2.05, 4.69) is 15.3 Å². The molecule has 0 fully saturated rings. The van der Waals surface area contributed by atoms with E-state index in [4.69, 9.17) is 5.73 Å². The molecule has 1 aromatic carbocycles. The summed E-state index contributed by atoms with van der Waals surface area (Å²) in [5.74, 6) is 0.677. The van der Waals surface area contributed by atoms with Gasteiger partial charge in [-0.3, -0.25) is 4.79 Å². The molecule has 1 heterocycles. The van der Waals surface area contributed by atoms with Crippen LogP contribution in [0.4, 0.5) is 0 Å². The lowest BCUT2D eigenvalue weighted by atomic mass is 10.1. The Bertz CT molecular complexity index is 481. The van der Waals surface area contributed by atoms with Crippen molar-refractivity contribution in [2.75, 3.05) is 6.54 Å². The van der Waals surface area contributed by atoms with Crippen molar-refractivity contribution in [3.05, 3.63) is 54.1 Å². The summed E-state index contributed by atoms with van der Waals surface area (Å²) in [6, 6.07) is 8.69. The molecule has 1 aromatic heterocycles. The van der Waals surface area contributed by atoms with Crippen LogP contribution in [0.15, 0.2) is 42.7 Å². The van der Waals surface area contributed by atoms with Crippen molar-refractivity contribution in [3.8, 4) is 0 Å². The molecular formula is C13H16N4O. The fraction of sp³-hybridized carbons (Fsp3) is 0.231. The Morgan fingerprint density at radius 2 is 2.17 bits per heavy atom. The molecule has 0 saturated carbocycles. The molecule has 1 atom stereocenters. The van der Waals surface area contributed by atoms with E-state index in [9.17, 15) is 4.79 Å². The number of benzene rings is 1. The van der Waals surface area contributed by atoms with Gasteiger partial charge in [-0.05, 0) is 5.56 Å². The summed E-state index contributed by atoms with van der Waals surface area (Å²) in [5.41, 5.74) is 6.68. The van der Waals surface area contributed by atoms with Crippen molar-refractivity contribution < 1.29 is 4.79 Å². The van der Waals surface area contributed by atoms with Gasteiger partial charge in [0.2, 0.25) is 5.91 Å². The quantitative estimate of drug-likeness (QED) is 0.726. The van der Waals surface area contributed by atoms with Gasteiger partial charge in [-0.1, -0.05) is 30.3 Å². The lowest BCUT2D eigenvalue weighted by Gasteiger charge is -2.11. The Labute approximate surface area is 105 Å². The lowest BCUT2D eigenvalue weighted by molar-refractivity contribution is -0.122. The number of nitrogens with two attached hydrogens (primary N) is 1. The number of aromatic amines is 1. The third-order valence-corrected chi connectivity index (χ3v) is 2.66. The number of nitrogens with zero attached hydrogens (tertiary/aromatic N) is 1. The first-order valence-electron chi connectivity index (χ1n) is 5.84. The molecule has 2 rings (SSSR count). The summed E-state index contributed by atoms with van der Waals surface area (Å²) in [5, 5.41) is 2.80. The van der Waals surface area contributed by atoms with Crippen molar-refractivity contribution in [2.45, 2.75) is 12.5 Å². The average Bonchev–Trinajstić information content (AvgIpc) is 2.92. The second-order valence-corrected chi connectivity index (χ2v) is 3.97. The highest BCUT2D eigenvalue weighted by Gasteiger charge is 2.14. The number of H-pyrrole nitrogens is 1. The monoisotopic (exact) mass is 244 g/mol. The van der Waals surface area contributed by atoms with Crippen LogP contribution in [0, 0.1) is 0 Å². The number of rotatable bonds is 5. The average molecular weight is 244 g/mol. The van der Waals surface area contributed by atoms with E-state index < -0.39 is 6.04 Å². The summed E-state index contributed by atoms with van der Waals surface area (Å²) >= 11 is 0. The molecule has 4 N–H and O–H groups in total. The van der Waals surface area contributed by atoms with Gasteiger partial charge in [0.1, 0.15) is 11.9 Å². The second kappa shape index (κ2) is 5.97. The van der Waals surface area contributed by atoms with E-state index in [1.807, 2.05) is 30.3 Å². The first-order valence-corrected chi connectivity index (χ1v) is 5.84. The molecule has 0 aliphatic rings. The molecule has 0 saturated heterocycles. The topological polar surface area (TPSA) is 83.8 Å². The zero-order valence-electron chi connectivity index (χ0n) is 9.97. The summed E-state index contributed by atoms with van der Waals surface area (Å²) in [6.07, 6.45) is 4.11. The lowest BCUT2D eigenvalue weighted by Crippen LogP contribution is -2.35. The van der Waals surface area contributed by atoms with Gasteiger partial charge in [-0.15, -0.1) is 0 Å². The van der Waals surface area contributed by atoms with Crippen molar-refractivity contribution >= 4 is 5.91 Å². The highest BCUT2D eigenvalue weighted by Crippen LogP contribution is 2.08. The maximum Gasteiger partial charge on any atom is 0.241 e. The van der Waals surface area contributed by atoms with Crippen LogP contribution in [0.2, 0.25) is 0 Å². The van der Waals surface area contributed by atoms with Crippen molar-refractivity contribution in [2.24, 2.45) is 5.73 Å². The molecule has 0 aliphatic carbocycles. The Hall–Kier alpha value is -2.14. The molecule has 0 aliphatic heterocycles. The van der Waals surface area contributed by atoms with Gasteiger partial charge < -0.3 is 16.0 Å². The number of hydrogen-bond acceptors (Lipinski definition) is 3. The fourth-order valence-corrected chi connectivity index (χ4v) is 1.66. The van der Waals surface area contributed by atoms with Crippen LogP contribution in [-0.2, 0) is 11.2 Å². The molecule has 1 amide bonds. The minimum absolute atomic E-state index is 0.173. The van der Waals surface area contributed by atoms with Gasteiger partial charge in [-0.25, -0.2) is 4.98 Å². The minimum atomic E-state index is -0.622. The Balaban J connectivity index is 1.81. The highest BCUT2D eigenvalue weighted by atomic mass is 16.2. The van der Waals surface area contributed by atoms with Crippen molar-refractivity contribution in [1.82, 2.24) is 15.3 Å². The van der Waals surface area contributed by atoms with Gasteiger partial charge in [-0.2, -0.15) is 0 Å². The van der Waals surface area contributed by atoms with E-state index in [-0.39, 0.29) is 5.91 Å². The first kappa shape index (κ1) is 12.3. The normalized spacial score (nSPS) is 12.1. The van der Waals surface area contributed by atoms with Gasteiger partial charge >= 0.3 is 0 Å². The number of carbonyl (C=O) groups excluding carboxylic acids is 1. The van der Waals surface area contributed by atoms with E-state index in [1.165, 1.54) is 0 Å². The Kier molecular flexibility index (Phi) is 4.09. The number of nitrogens with one attached hydrogen (secondary N) is 2. The molecule has 0 radical (unpaired) electrons. The highest BCUT2D eigenvalue weighted by molar-refractivity contribution is 5.82. The Morgan fingerprint density at radius 1 is 1.39 bits per heavy atom. The molecule has 2 aromatic rings. The summed E-state index contributed by atoms with van der Waals surface area (Å²) in [6.45, 7) is 0.521. The predicted octanol–water partition coefficient (Wildman–Crippen LogP) is 0.768. The van der Waals surface area contributed by atoms with E-state index in [0.29, 0.717) is 13.0 Å². The number of imidazole rings is 1. The summed E-state index contributed by atoms with van der Waals surface area (Å²) in [4.78, 5) is 18.9. The fourth-order valence-electron chi connectivity index (χ4n) is 1.66. The van der Waals surface area contributed by atoms with Crippen LogP contribution >= 0.6 is 0 Å². The summed E-state index contributed by atoms with van der Waals surface area (Å²) in [7, 11) is 0. The smallest absolute Gasteiger partial charge is 0.241 e. The molecule has 18 heavy (non-hydrogen) atoms. The largest absolute Gasteiger partial charge is 0.354 e. The van der Waals surface area contributed by atoms with E-state index in [1.54, 1.807) is 12.4 Å². The molecule has 0 spiro atoms. The van der Waals surface area contributed by atoms with Crippen LogP contribution < -0.4 is 11.1 Å². The van der Waals surface area contributed by atoms with Gasteiger partial charge in [0.25, 0.3) is 0 Å². The Morgan fingerprint density at radius 3 is 2.83 bits per heavy atom. The van der Waals surface area contributed by atoms with Crippen LogP contribution in [-0.4, -0.2) is 22.4 Å². The summed E-state index contributed by atoms with van der Waals surface area (Å²) < 4.78 is 0. The third-order valence-electron chi connectivity index (χ3n) is 2.66. The molecule has 94 valence electrons. The van der Waals surface area contributed by atoms with E-state index in [0.717, 1.165) is 11.4 Å². The number of hydrogen-bond donors (Lipinski definition) is 3.